The molecular weight excluding hydrogens is 348 g/mol. The smallest absolute Gasteiger partial charge is 0.169 e. The molecule has 22 heavy (non-hydrogen) atoms. The van der Waals surface area contributed by atoms with Gasteiger partial charge in [0.15, 0.2) is 37.9 Å². The first-order valence-electron chi connectivity index (χ1n) is 6.65. The lowest BCUT2D eigenvalue weighted by molar-refractivity contribution is -0.726. The highest BCUT2D eigenvalue weighted by Gasteiger charge is 2.04. The van der Waals surface area contributed by atoms with Crippen molar-refractivity contribution in [1.29, 1.82) is 0 Å². The normalized spacial score (nSPS) is 10.9. The van der Waals surface area contributed by atoms with E-state index in [0.717, 1.165) is 30.6 Å². The summed E-state index contributed by atoms with van der Waals surface area (Å²) in [6.07, 6.45) is 11.6. The highest BCUT2D eigenvalue weighted by Crippen LogP contribution is 1.92. The first kappa shape index (κ1) is 17.8. The second-order valence-corrected chi connectivity index (χ2v) is 4.58. The predicted molar refractivity (Wildman–Crippen MR) is 87.0 cm³/mol. The number of halogens is 1. The van der Waals surface area contributed by atoms with E-state index in [1.54, 1.807) is 0 Å². The Morgan fingerprint density at radius 1 is 0.773 bits per heavy atom. The molecule has 116 valence electrons. The van der Waals surface area contributed by atoms with Gasteiger partial charge in [0, 0.05) is 35.4 Å². The van der Waals surface area contributed by atoms with E-state index < -0.39 is 0 Å². The molecule has 0 aliphatic rings. The van der Waals surface area contributed by atoms with Crippen molar-refractivity contribution in [3.8, 4) is 0 Å². The van der Waals surface area contributed by atoms with Gasteiger partial charge in [-0.25, -0.2) is 9.13 Å². The van der Waals surface area contributed by atoms with Crippen LogP contribution in [0.1, 0.15) is 17.5 Å². The molecule has 0 aliphatic heterocycles. The van der Waals surface area contributed by atoms with E-state index >= 15 is 0 Å². The molecule has 0 bridgehead atoms. The molecule has 0 saturated carbocycles. The summed E-state index contributed by atoms with van der Waals surface area (Å²) in [7, 11) is 0. The number of oxime groups is 2. The third-order valence-electron chi connectivity index (χ3n) is 3.08. The van der Waals surface area contributed by atoms with Crippen molar-refractivity contribution in [1.82, 2.24) is 0 Å². The molecule has 0 amide bonds. The maximum absolute atomic E-state index is 8.45. The van der Waals surface area contributed by atoms with Crippen LogP contribution in [0.2, 0.25) is 0 Å². The number of nitrogens with zero attached hydrogens (tertiary/aromatic N) is 4. The summed E-state index contributed by atoms with van der Waals surface area (Å²) < 4.78 is 4.17. The van der Waals surface area contributed by atoms with Gasteiger partial charge in [0.2, 0.25) is 0 Å². The van der Waals surface area contributed by atoms with Crippen molar-refractivity contribution in [2.24, 2.45) is 10.3 Å². The zero-order chi connectivity index (χ0) is 14.9. The minimum absolute atomic E-state index is 0. The quantitative estimate of drug-likeness (QED) is 0.352. The molecule has 7 heteroatoms. The molecule has 0 saturated heterocycles. The number of pyridine rings is 2. The fourth-order valence-electron chi connectivity index (χ4n) is 1.98. The topological polar surface area (TPSA) is 72.9 Å². The standard InChI is InChI=1S/C15H16N4O2.BrH/c20-16-12-14-2-8-18(9-3-14)6-1-7-19-10-4-15(5-11-19)13-17-21;/h2-5,8-13H,1,6-7H2;1H/p+2. The van der Waals surface area contributed by atoms with Gasteiger partial charge in [-0.15, -0.1) is 17.0 Å². The number of aromatic nitrogens is 2. The van der Waals surface area contributed by atoms with Crippen LogP contribution in [0.15, 0.2) is 59.4 Å². The minimum atomic E-state index is 0. The summed E-state index contributed by atoms with van der Waals surface area (Å²) in [6, 6.07) is 7.59. The largest absolute Gasteiger partial charge is 0.411 e. The fraction of sp³-hybridized carbons (Fsp3) is 0.200. The SMILES string of the molecule is Br.O/N=C/c1cc[n+](CCC[n+]2ccc(/C=N/O)cc2)cc1. The molecule has 6 nitrogen and oxygen atoms in total. The lowest BCUT2D eigenvalue weighted by Gasteiger charge is -1.97. The second kappa shape index (κ2) is 9.62. The Bertz CT molecular complexity index is 557. The van der Waals surface area contributed by atoms with Crippen molar-refractivity contribution in [2.75, 3.05) is 0 Å². The molecule has 0 fully saturated rings. The maximum Gasteiger partial charge on any atom is 0.169 e. The zero-order valence-electron chi connectivity index (χ0n) is 12.0. The zero-order valence-corrected chi connectivity index (χ0v) is 13.7. The Morgan fingerprint density at radius 3 is 1.45 bits per heavy atom. The third-order valence-corrected chi connectivity index (χ3v) is 3.08. The molecule has 2 aromatic heterocycles. The van der Waals surface area contributed by atoms with Gasteiger partial charge in [-0.05, 0) is 0 Å². The van der Waals surface area contributed by atoms with E-state index in [0.29, 0.717) is 0 Å². The van der Waals surface area contributed by atoms with Gasteiger partial charge >= 0.3 is 0 Å². The van der Waals surface area contributed by atoms with E-state index in [4.69, 9.17) is 10.4 Å². The summed E-state index contributed by atoms with van der Waals surface area (Å²) in [5.41, 5.74) is 1.73. The van der Waals surface area contributed by atoms with E-state index in [2.05, 4.69) is 19.4 Å². The molecule has 2 heterocycles. The summed E-state index contributed by atoms with van der Waals surface area (Å²) in [5.74, 6) is 0. The lowest BCUT2D eigenvalue weighted by atomic mass is 10.3. The number of hydrogen-bond acceptors (Lipinski definition) is 4. The Kier molecular flexibility index (Phi) is 7.77. The van der Waals surface area contributed by atoms with E-state index in [-0.39, 0.29) is 17.0 Å². The minimum Gasteiger partial charge on any atom is -0.411 e. The van der Waals surface area contributed by atoms with Gasteiger partial charge < -0.3 is 10.4 Å². The van der Waals surface area contributed by atoms with Gasteiger partial charge in [0.25, 0.3) is 0 Å². The fourth-order valence-corrected chi connectivity index (χ4v) is 1.98. The van der Waals surface area contributed by atoms with Crippen molar-refractivity contribution in [3.63, 3.8) is 0 Å². The van der Waals surface area contributed by atoms with Gasteiger partial charge in [-0.3, -0.25) is 0 Å². The van der Waals surface area contributed by atoms with Gasteiger partial charge in [0.1, 0.15) is 0 Å². The molecular formula is C15H19BrN4O2+2. The second-order valence-electron chi connectivity index (χ2n) is 4.58. The van der Waals surface area contributed by atoms with Crippen LogP contribution in [0, 0.1) is 0 Å². The molecule has 0 atom stereocenters. The Morgan fingerprint density at radius 2 is 1.14 bits per heavy atom. The Labute approximate surface area is 139 Å². The van der Waals surface area contributed by atoms with Crippen LogP contribution in [-0.2, 0) is 13.1 Å². The molecule has 0 aromatic carbocycles. The summed E-state index contributed by atoms with van der Waals surface area (Å²) >= 11 is 0. The molecule has 0 spiro atoms. The summed E-state index contributed by atoms with van der Waals surface area (Å²) in [4.78, 5) is 0. The van der Waals surface area contributed by atoms with E-state index in [1.807, 2.05) is 49.1 Å². The highest BCUT2D eigenvalue weighted by atomic mass is 79.9. The van der Waals surface area contributed by atoms with Gasteiger partial charge in [-0.2, -0.15) is 0 Å². The maximum atomic E-state index is 8.45. The van der Waals surface area contributed by atoms with Crippen LogP contribution >= 0.6 is 17.0 Å². The predicted octanol–water partition coefficient (Wildman–Crippen LogP) is 1.55. The van der Waals surface area contributed by atoms with Crippen LogP contribution in [0.3, 0.4) is 0 Å². The number of hydrogen-bond donors (Lipinski definition) is 2. The monoisotopic (exact) mass is 366 g/mol. The summed E-state index contributed by atoms with van der Waals surface area (Å²) in [5, 5.41) is 22.9. The first-order valence-corrected chi connectivity index (χ1v) is 6.65. The first-order chi connectivity index (χ1) is 10.3. The molecule has 0 radical (unpaired) electrons. The van der Waals surface area contributed by atoms with E-state index in [9.17, 15) is 0 Å². The number of rotatable bonds is 6. The third kappa shape index (κ3) is 5.61. The van der Waals surface area contributed by atoms with Crippen LogP contribution < -0.4 is 9.13 Å². The van der Waals surface area contributed by atoms with Crippen molar-refractivity contribution in [2.45, 2.75) is 19.5 Å². The Balaban J connectivity index is 0.00000242. The Hall–Kier alpha value is -2.28. The van der Waals surface area contributed by atoms with Gasteiger partial charge in [-0.1, -0.05) is 10.3 Å². The average Bonchev–Trinajstić information content (AvgIpc) is 2.51. The average molecular weight is 367 g/mol. The number of aryl methyl sites for hydroxylation is 2. The van der Waals surface area contributed by atoms with Crippen LogP contribution in [0.25, 0.3) is 0 Å². The molecule has 2 N–H and O–H groups in total. The lowest BCUT2D eigenvalue weighted by Crippen LogP contribution is -2.38. The van der Waals surface area contributed by atoms with Gasteiger partial charge in [0.05, 0.1) is 18.9 Å². The molecule has 0 unspecified atom stereocenters. The van der Waals surface area contributed by atoms with Crippen LogP contribution in [0.5, 0.6) is 0 Å². The van der Waals surface area contributed by atoms with Crippen LogP contribution in [-0.4, -0.2) is 22.8 Å². The van der Waals surface area contributed by atoms with E-state index in [1.165, 1.54) is 12.4 Å². The highest BCUT2D eigenvalue weighted by molar-refractivity contribution is 8.93. The molecule has 0 aliphatic carbocycles. The van der Waals surface area contributed by atoms with Crippen molar-refractivity contribution >= 4 is 29.4 Å². The van der Waals surface area contributed by atoms with Crippen LogP contribution in [0.4, 0.5) is 0 Å². The molecule has 2 aromatic rings. The van der Waals surface area contributed by atoms with Crippen molar-refractivity contribution < 1.29 is 19.5 Å². The van der Waals surface area contributed by atoms with Crippen molar-refractivity contribution in [3.05, 3.63) is 60.2 Å². The summed E-state index contributed by atoms with van der Waals surface area (Å²) in [6.45, 7) is 1.81. The molecule has 2 rings (SSSR count).